The van der Waals surface area contributed by atoms with E-state index >= 15 is 4.39 Å². The number of hydrogen-bond donors (Lipinski definition) is 0. The number of rotatable bonds is 8. The Kier molecular flexibility index (Phi) is 9.26. The van der Waals surface area contributed by atoms with Gasteiger partial charge in [0.25, 0.3) is 0 Å². The molecule has 1 saturated carbocycles. The smallest absolute Gasteiger partial charge is 0.319 e. The van der Waals surface area contributed by atoms with Gasteiger partial charge in [-0.05, 0) is 73.2 Å². The number of hydrogen-bond acceptors (Lipinski definition) is 7. The molecule has 7 nitrogen and oxygen atoms in total. The van der Waals surface area contributed by atoms with Gasteiger partial charge in [0.1, 0.15) is 37.9 Å². The Morgan fingerprint density at radius 3 is 2.46 bits per heavy atom. The molecule has 4 aromatic rings. The molecule has 8 rings (SSSR count). The monoisotopic (exact) mass is 722 g/mol. The van der Waals surface area contributed by atoms with E-state index in [9.17, 15) is 4.39 Å². The predicted octanol–water partition coefficient (Wildman–Crippen LogP) is 9.14. The zero-order valence-electron chi connectivity index (χ0n) is 31.6. The fourth-order valence-electron chi connectivity index (χ4n) is 10.7. The summed E-state index contributed by atoms with van der Waals surface area (Å²) >= 11 is 0. The summed E-state index contributed by atoms with van der Waals surface area (Å²) in [6, 6.07) is 6.17. The van der Waals surface area contributed by atoms with E-state index in [1.807, 2.05) is 24.4 Å². The maximum absolute atomic E-state index is 17.3. The second-order valence-corrected chi connectivity index (χ2v) is 22.6. The van der Waals surface area contributed by atoms with Crippen molar-refractivity contribution in [1.29, 1.82) is 0 Å². The fourth-order valence-corrected chi connectivity index (χ4v) is 15.9. The van der Waals surface area contributed by atoms with Gasteiger partial charge in [-0.3, -0.25) is 14.9 Å². The molecular weight excluding hydrogens is 671 g/mol. The zero-order chi connectivity index (χ0) is 36.4. The highest BCUT2D eigenvalue weighted by molar-refractivity contribution is 6.90. The zero-order valence-corrected chi connectivity index (χ0v) is 32.6. The lowest BCUT2D eigenvalue weighted by Crippen LogP contribution is -2.43. The van der Waals surface area contributed by atoms with Gasteiger partial charge in [-0.15, -0.1) is 5.54 Å². The van der Waals surface area contributed by atoms with Crippen molar-refractivity contribution >= 4 is 35.6 Å². The van der Waals surface area contributed by atoms with Gasteiger partial charge in [0, 0.05) is 66.5 Å². The third-order valence-electron chi connectivity index (χ3n) is 13.1. The fraction of sp³-hybridized carbons (Fsp3) is 0.571. The van der Waals surface area contributed by atoms with Crippen LogP contribution in [0.2, 0.25) is 16.6 Å². The summed E-state index contributed by atoms with van der Waals surface area (Å²) in [6.45, 7) is 17.2. The van der Waals surface area contributed by atoms with E-state index in [1.54, 1.807) is 12.4 Å². The number of piperidine rings is 1. The van der Waals surface area contributed by atoms with Crippen molar-refractivity contribution < 1.29 is 13.5 Å². The first-order valence-corrected chi connectivity index (χ1v) is 21.8. The van der Waals surface area contributed by atoms with E-state index < -0.39 is 20.1 Å². The van der Waals surface area contributed by atoms with Gasteiger partial charge < -0.3 is 9.64 Å². The van der Waals surface area contributed by atoms with Gasteiger partial charge in [0.15, 0.2) is 5.82 Å². The highest BCUT2D eigenvalue weighted by Gasteiger charge is 2.49. The molecule has 3 saturated heterocycles. The van der Waals surface area contributed by atoms with Crippen LogP contribution >= 0.6 is 0 Å². The lowest BCUT2D eigenvalue weighted by atomic mass is 9.95. The van der Waals surface area contributed by atoms with Crippen LogP contribution in [0.5, 0.6) is 6.01 Å². The van der Waals surface area contributed by atoms with Crippen molar-refractivity contribution in [3.05, 3.63) is 48.2 Å². The van der Waals surface area contributed by atoms with Gasteiger partial charge in [-0.1, -0.05) is 59.6 Å². The van der Waals surface area contributed by atoms with Crippen LogP contribution < -0.4 is 9.64 Å². The Bertz CT molecular complexity index is 2020. The molecule has 3 aromatic heterocycles. The van der Waals surface area contributed by atoms with Crippen molar-refractivity contribution in [2.75, 3.05) is 37.7 Å². The van der Waals surface area contributed by atoms with Gasteiger partial charge >= 0.3 is 6.01 Å². The highest BCUT2D eigenvalue weighted by atomic mass is 28.3. The van der Waals surface area contributed by atoms with E-state index in [-0.39, 0.29) is 29.4 Å². The van der Waals surface area contributed by atoms with Crippen LogP contribution in [0.1, 0.15) is 85.6 Å². The average molecular weight is 723 g/mol. The third kappa shape index (κ3) is 5.96. The number of benzene rings is 1. The maximum Gasteiger partial charge on any atom is 0.319 e. The summed E-state index contributed by atoms with van der Waals surface area (Å²) in [5.41, 5.74) is 6.78. The first-order chi connectivity index (χ1) is 25.0. The van der Waals surface area contributed by atoms with Crippen LogP contribution in [0.3, 0.4) is 0 Å². The number of fused-ring (bicyclic) bond motifs is 5. The summed E-state index contributed by atoms with van der Waals surface area (Å²) in [5, 5.41) is 2.31. The number of aromatic nitrogens is 4. The van der Waals surface area contributed by atoms with Crippen molar-refractivity contribution in [1.82, 2.24) is 24.8 Å². The van der Waals surface area contributed by atoms with Crippen molar-refractivity contribution in [3.63, 3.8) is 0 Å². The molecule has 0 spiro atoms. The summed E-state index contributed by atoms with van der Waals surface area (Å²) in [7, 11) is -2.03. The van der Waals surface area contributed by atoms with Crippen molar-refractivity contribution in [2.24, 2.45) is 11.8 Å². The van der Waals surface area contributed by atoms with E-state index in [1.165, 1.54) is 19.3 Å². The van der Waals surface area contributed by atoms with Gasteiger partial charge in [0.05, 0.1) is 10.9 Å². The molecule has 0 amide bonds. The van der Waals surface area contributed by atoms with Crippen molar-refractivity contribution in [2.45, 2.75) is 108 Å². The standard InChI is InChI=1S/C42H52F2N6OSi/c1-26(2)52(27(3)4,28(5)6)16-13-31-9-7-10-32-19-45-20-34(36(31)32)38-37(44)39-35(21-46-38)40(49-22-29-11-12-30(17-29)23-49)48-41(47-39)51-25-42-14-8-15-50(42)24-33(43)18-42/h7,9-10,19-21,26-30,33H,8,11-12,14-15,17-18,22-25H2,1-6H3/t29?,30?,33-,42?/m0/s1. The van der Waals surface area contributed by atoms with Gasteiger partial charge in [-0.25, -0.2) is 8.78 Å². The van der Waals surface area contributed by atoms with E-state index in [0.717, 1.165) is 48.8 Å². The van der Waals surface area contributed by atoms with Crippen molar-refractivity contribution in [3.8, 4) is 28.7 Å². The minimum Gasteiger partial charge on any atom is -0.461 e. The quantitative estimate of drug-likeness (QED) is 0.133. The largest absolute Gasteiger partial charge is 0.461 e. The molecule has 1 aromatic carbocycles. The molecule has 0 radical (unpaired) electrons. The topological polar surface area (TPSA) is 67.3 Å². The first-order valence-electron chi connectivity index (χ1n) is 19.5. The maximum atomic E-state index is 17.3. The Morgan fingerprint density at radius 1 is 0.981 bits per heavy atom. The van der Waals surface area contributed by atoms with Crippen LogP contribution in [0.4, 0.5) is 14.6 Å². The molecule has 4 atom stereocenters. The number of anilines is 1. The molecule has 3 aliphatic heterocycles. The third-order valence-corrected chi connectivity index (χ3v) is 19.4. The average Bonchev–Trinajstić information content (AvgIpc) is 3.77. The van der Waals surface area contributed by atoms with E-state index in [2.05, 4.69) is 67.8 Å². The Labute approximate surface area is 308 Å². The van der Waals surface area contributed by atoms with Crippen LogP contribution in [0.15, 0.2) is 36.8 Å². The lowest BCUT2D eigenvalue weighted by Gasteiger charge is -2.38. The summed E-state index contributed by atoms with van der Waals surface area (Å²) in [4.78, 5) is 23.6. The molecule has 52 heavy (non-hydrogen) atoms. The number of ether oxygens (including phenoxy) is 1. The van der Waals surface area contributed by atoms with E-state index in [4.69, 9.17) is 19.7 Å². The summed E-state index contributed by atoms with van der Waals surface area (Å²) in [5.74, 6) is 4.97. The molecule has 6 heterocycles. The van der Waals surface area contributed by atoms with Crippen LogP contribution in [0, 0.1) is 29.1 Å². The number of nitrogens with zero attached hydrogens (tertiary/aromatic N) is 6. The molecule has 2 bridgehead atoms. The minimum absolute atomic E-state index is 0.139. The first kappa shape index (κ1) is 35.4. The Balaban J connectivity index is 1.25. The molecule has 1 aliphatic carbocycles. The minimum atomic E-state index is -2.03. The normalized spacial score (nSPS) is 24.8. The van der Waals surface area contributed by atoms with Crippen LogP contribution in [0.25, 0.3) is 32.9 Å². The Morgan fingerprint density at radius 2 is 1.73 bits per heavy atom. The molecule has 10 heteroatoms. The van der Waals surface area contributed by atoms with Crippen LogP contribution in [-0.2, 0) is 0 Å². The lowest BCUT2D eigenvalue weighted by molar-refractivity contribution is 0.107. The molecule has 0 N–H and O–H groups in total. The van der Waals surface area contributed by atoms with E-state index in [0.29, 0.717) is 58.2 Å². The number of pyridine rings is 2. The molecular formula is C42H52F2N6OSi. The van der Waals surface area contributed by atoms with Gasteiger partial charge in [0.2, 0.25) is 0 Å². The Hall–Kier alpha value is -3.68. The summed E-state index contributed by atoms with van der Waals surface area (Å²) in [6.07, 6.45) is 10.4. The highest BCUT2D eigenvalue weighted by Crippen LogP contribution is 2.44. The SMILES string of the molecule is CC(C)[Si](C#Cc1cccc2cncc(-c3ncc4c(N5CC6CCC(C6)C5)nc(OCC56CCCN5C[C@@H](F)C6)nc4c3F)c12)(C(C)C)C(C)C. The second kappa shape index (κ2) is 13.6. The van der Waals surface area contributed by atoms with Gasteiger partial charge in [-0.2, -0.15) is 9.97 Å². The predicted molar refractivity (Wildman–Crippen MR) is 208 cm³/mol. The molecule has 274 valence electrons. The number of halogens is 2. The molecule has 3 unspecified atom stereocenters. The number of alkyl halides is 1. The molecule has 4 aliphatic rings. The summed E-state index contributed by atoms with van der Waals surface area (Å²) < 4.78 is 38.3. The molecule has 4 fully saturated rings. The van der Waals surface area contributed by atoms with Crippen LogP contribution in [-0.4, -0.2) is 77.4 Å². The second-order valence-electron chi connectivity index (χ2n) is 17.1.